The number of aliphatic hydroxyl groups excluding tert-OH is 1. The second-order valence-corrected chi connectivity index (χ2v) is 9.25. The minimum atomic E-state index is -0.482. The largest absolute Gasteiger partial charge is 0.489 e. The van der Waals surface area contributed by atoms with E-state index in [2.05, 4.69) is 9.89 Å². The van der Waals surface area contributed by atoms with Crippen LogP contribution in [0.5, 0.6) is 5.75 Å². The summed E-state index contributed by atoms with van der Waals surface area (Å²) in [5.41, 5.74) is 1.56. The third-order valence-electron chi connectivity index (χ3n) is 7.23. The van der Waals surface area contributed by atoms with E-state index in [-0.39, 0.29) is 23.8 Å². The van der Waals surface area contributed by atoms with E-state index >= 15 is 0 Å². The van der Waals surface area contributed by atoms with Crippen molar-refractivity contribution < 1.29 is 29.2 Å². The van der Waals surface area contributed by atoms with Gasteiger partial charge in [-0.2, -0.15) is 0 Å². The summed E-state index contributed by atoms with van der Waals surface area (Å²) >= 11 is 0. The van der Waals surface area contributed by atoms with E-state index in [1.807, 2.05) is 18.2 Å². The van der Waals surface area contributed by atoms with Gasteiger partial charge in [0.15, 0.2) is 6.04 Å². The molecule has 2 fully saturated rings. The fourth-order valence-electron chi connectivity index (χ4n) is 5.53. The van der Waals surface area contributed by atoms with Crippen LogP contribution in [0.1, 0.15) is 60.9 Å². The lowest BCUT2D eigenvalue weighted by molar-refractivity contribution is -0.394. The normalized spacial score (nSPS) is 29.4. The van der Waals surface area contributed by atoms with Crippen molar-refractivity contribution >= 4 is 17.7 Å². The molecule has 1 saturated heterocycles. The lowest BCUT2D eigenvalue weighted by Gasteiger charge is -2.38. The molecule has 32 heavy (non-hydrogen) atoms. The van der Waals surface area contributed by atoms with Crippen LogP contribution in [0.15, 0.2) is 18.2 Å². The molecule has 172 valence electrons. The third kappa shape index (κ3) is 4.26. The zero-order chi connectivity index (χ0) is 22.1. The van der Waals surface area contributed by atoms with Gasteiger partial charge in [0.25, 0.3) is 5.91 Å². The molecule has 3 aliphatic heterocycles. The summed E-state index contributed by atoms with van der Waals surface area (Å²) in [5, 5.41) is 10.2. The predicted molar refractivity (Wildman–Crippen MR) is 117 cm³/mol. The van der Waals surface area contributed by atoms with Crippen LogP contribution in [-0.4, -0.2) is 77.1 Å². The zero-order valence-corrected chi connectivity index (χ0v) is 18.4. The second-order valence-electron chi connectivity index (χ2n) is 9.25. The highest BCUT2D eigenvalue weighted by Gasteiger charge is 2.41. The molecule has 2 N–H and O–H groups in total. The van der Waals surface area contributed by atoms with Crippen LogP contribution < -0.4 is 9.73 Å². The molecule has 0 radical (unpaired) electrons. The first-order chi connectivity index (χ1) is 15.6. The van der Waals surface area contributed by atoms with Crippen molar-refractivity contribution in [3.05, 3.63) is 29.3 Å². The molecular weight excluding hydrogens is 410 g/mol. The highest BCUT2D eigenvalue weighted by Crippen LogP contribution is 2.32. The second kappa shape index (κ2) is 9.19. The number of carbonyl (C=O) groups excluding carboxylic acids is 2. The average molecular weight is 443 g/mol. The molecule has 1 unspecified atom stereocenters. The molecule has 2 amide bonds. The zero-order valence-electron chi connectivity index (χ0n) is 18.4. The van der Waals surface area contributed by atoms with Gasteiger partial charge in [-0.15, -0.1) is 4.99 Å². The SMILES string of the molecule is O=C1CCC(N2Cc3cc(O[C@@H]4CCCCC[C@H]4N4CCOCC4)ccc3C2=O)C(O)=[NH+]1. The molecule has 4 aliphatic rings. The number of nitrogens with one attached hydrogen (secondary N) is 1. The maximum atomic E-state index is 13.0. The van der Waals surface area contributed by atoms with Crippen LogP contribution in [0.25, 0.3) is 0 Å². The molecule has 8 heteroatoms. The van der Waals surface area contributed by atoms with Crippen LogP contribution in [0.4, 0.5) is 0 Å². The number of benzene rings is 1. The van der Waals surface area contributed by atoms with Crippen molar-refractivity contribution in [2.24, 2.45) is 0 Å². The maximum Gasteiger partial charge on any atom is 0.388 e. The van der Waals surface area contributed by atoms with Crippen molar-refractivity contribution in [3.63, 3.8) is 0 Å². The Kier molecular flexibility index (Phi) is 6.15. The predicted octanol–water partition coefficient (Wildman–Crippen LogP) is 0.781. The number of ether oxygens (including phenoxy) is 2. The summed E-state index contributed by atoms with van der Waals surface area (Å²) in [4.78, 5) is 31.1. The molecule has 0 spiro atoms. The molecule has 1 aromatic carbocycles. The molecule has 3 heterocycles. The molecule has 1 saturated carbocycles. The lowest BCUT2D eigenvalue weighted by atomic mass is 10.0. The van der Waals surface area contributed by atoms with Crippen molar-refractivity contribution in [3.8, 4) is 5.75 Å². The number of nitrogens with zero attached hydrogens (tertiary/aromatic N) is 2. The van der Waals surface area contributed by atoms with Gasteiger partial charge < -0.3 is 19.5 Å². The Morgan fingerprint density at radius 2 is 1.88 bits per heavy atom. The Labute approximate surface area is 188 Å². The number of rotatable bonds is 4. The van der Waals surface area contributed by atoms with Gasteiger partial charge in [0.2, 0.25) is 0 Å². The van der Waals surface area contributed by atoms with Crippen molar-refractivity contribution in [2.75, 3.05) is 26.3 Å². The fourth-order valence-corrected chi connectivity index (χ4v) is 5.53. The highest BCUT2D eigenvalue weighted by atomic mass is 16.5. The van der Waals surface area contributed by atoms with Gasteiger partial charge in [-0.3, -0.25) is 9.69 Å². The number of aliphatic hydroxyl groups is 1. The van der Waals surface area contributed by atoms with Crippen LogP contribution in [0.2, 0.25) is 0 Å². The maximum absolute atomic E-state index is 13.0. The monoisotopic (exact) mass is 442 g/mol. The van der Waals surface area contributed by atoms with E-state index in [4.69, 9.17) is 9.47 Å². The van der Waals surface area contributed by atoms with Gasteiger partial charge in [0.05, 0.1) is 19.6 Å². The third-order valence-corrected chi connectivity index (χ3v) is 7.23. The van der Waals surface area contributed by atoms with E-state index in [1.165, 1.54) is 19.3 Å². The van der Waals surface area contributed by atoms with E-state index in [9.17, 15) is 14.7 Å². The van der Waals surface area contributed by atoms with Crippen LogP contribution in [0, 0.1) is 0 Å². The number of fused-ring (bicyclic) bond motifs is 1. The van der Waals surface area contributed by atoms with Crippen LogP contribution >= 0.6 is 0 Å². The standard InChI is InChI=1S/C24H31N3O5/c28-22-9-8-20(23(29)25-22)27-15-16-14-17(6-7-18(16)24(27)30)32-21-5-3-1-2-4-19(21)26-10-12-31-13-11-26/h6-7,14,19-21H,1-5,8-13,15H2,(H,25,28,29)/p+1/t19-,20?,21-/m1/s1. The summed E-state index contributed by atoms with van der Waals surface area (Å²) in [6.07, 6.45) is 6.69. The van der Waals surface area contributed by atoms with Gasteiger partial charge in [-0.1, -0.05) is 12.8 Å². The quantitative estimate of drug-likeness (QED) is 0.670. The summed E-state index contributed by atoms with van der Waals surface area (Å²) < 4.78 is 12.1. The number of carbonyl (C=O) groups is 2. The Bertz CT molecular complexity index is 911. The Morgan fingerprint density at radius 3 is 2.69 bits per heavy atom. The number of hydrogen-bond donors (Lipinski definition) is 2. The summed E-state index contributed by atoms with van der Waals surface area (Å²) in [7, 11) is 0. The van der Waals surface area contributed by atoms with Crippen molar-refractivity contribution in [1.29, 1.82) is 0 Å². The summed E-state index contributed by atoms with van der Waals surface area (Å²) in [6.45, 7) is 3.89. The molecule has 0 bridgehead atoms. The van der Waals surface area contributed by atoms with E-state index < -0.39 is 6.04 Å². The molecule has 1 aromatic rings. The highest BCUT2D eigenvalue weighted by molar-refractivity contribution is 6.01. The van der Waals surface area contributed by atoms with Crippen molar-refractivity contribution in [1.82, 2.24) is 9.80 Å². The lowest BCUT2D eigenvalue weighted by Crippen LogP contribution is -2.82. The Hall–Kier alpha value is -2.45. The van der Waals surface area contributed by atoms with Gasteiger partial charge in [-0.05, 0) is 49.4 Å². The first-order valence-electron chi connectivity index (χ1n) is 11.9. The van der Waals surface area contributed by atoms with Crippen LogP contribution in [-0.2, 0) is 16.1 Å². The summed E-state index contributed by atoms with van der Waals surface area (Å²) in [5.74, 6) is 0.344. The van der Waals surface area contributed by atoms with Crippen molar-refractivity contribution in [2.45, 2.75) is 69.7 Å². The average Bonchev–Trinajstić information content (AvgIpc) is 2.95. The first-order valence-corrected chi connectivity index (χ1v) is 11.9. The molecule has 3 atom stereocenters. The Morgan fingerprint density at radius 1 is 1.06 bits per heavy atom. The molecule has 5 rings (SSSR count). The molecular formula is C24H32N3O5+. The van der Waals surface area contributed by atoms with Gasteiger partial charge in [-0.25, -0.2) is 4.79 Å². The fraction of sp³-hybridized carbons (Fsp3) is 0.625. The topological polar surface area (TPSA) is 93.3 Å². The van der Waals surface area contributed by atoms with E-state index in [0.717, 1.165) is 50.5 Å². The van der Waals surface area contributed by atoms with Gasteiger partial charge >= 0.3 is 11.8 Å². The van der Waals surface area contributed by atoms with E-state index in [0.29, 0.717) is 31.0 Å². The first kappa shape index (κ1) is 21.4. The van der Waals surface area contributed by atoms with Crippen LogP contribution in [0.3, 0.4) is 0 Å². The molecule has 8 nitrogen and oxygen atoms in total. The molecule has 0 aromatic heterocycles. The van der Waals surface area contributed by atoms with E-state index in [1.54, 1.807) is 4.90 Å². The van der Waals surface area contributed by atoms with Gasteiger partial charge in [0.1, 0.15) is 11.9 Å². The minimum Gasteiger partial charge on any atom is -0.489 e. The molecule has 1 aliphatic carbocycles. The summed E-state index contributed by atoms with van der Waals surface area (Å²) in [6, 6.07) is 5.63. The number of morpholine rings is 1. The minimum absolute atomic E-state index is 0.111. The van der Waals surface area contributed by atoms with Gasteiger partial charge in [0, 0.05) is 31.2 Å². The number of hydrogen-bond acceptors (Lipinski definition) is 5. The Balaban J connectivity index is 1.32. The number of amides is 2. The smallest absolute Gasteiger partial charge is 0.388 e.